The van der Waals surface area contributed by atoms with E-state index in [4.69, 9.17) is 21.1 Å². The lowest BCUT2D eigenvalue weighted by Crippen LogP contribution is -2.36. The minimum absolute atomic E-state index is 0.00251. The Morgan fingerprint density at radius 3 is 2.50 bits per heavy atom. The van der Waals surface area contributed by atoms with Gasteiger partial charge in [-0.3, -0.25) is 4.79 Å². The Labute approximate surface area is 216 Å². The molecule has 2 aromatic carbocycles. The van der Waals surface area contributed by atoms with E-state index in [9.17, 15) is 14.7 Å². The molecule has 0 saturated carbocycles. The van der Waals surface area contributed by atoms with Crippen LogP contribution < -0.4 is 10.1 Å². The predicted molar refractivity (Wildman–Crippen MR) is 139 cm³/mol. The van der Waals surface area contributed by atoms with Gasteiger partial charge in [0, 0.05) is 34.3 Å². The molecule has 2 aliphatic rings. The third kappa shape index (κ3) is 5.29. The molecular weight excluding hydrogens is 478 g/mol. The lowest BCUT2D eigenvalue weighted by molar-refractivity contribution is -0.140. The molecule has 7 heteroatoms. The van der Waals surface area contributed by atoms with E-state index in [-0.39, 0.29) is 30.0 Å². The summed E-state index contributed by atoms with van der Waals surface area (Å²) in [7, 11) is 0. The summed E-state index contributed by atoms with van der Waals surface area (Å²) in [4.78, 5) is 27.0. The zero-order valence-electron chi connectivity index (χ0n) is 21.1. The molecule has 2 N–H and O–H groups in total. The Morgan fingerprint density at radius 1 is 1.14 bits per heavy atom. The highest BCUT2D eigenvalue weighted by Gasteiger charge is 2.41. The summed E-state index contributed by atoms with van der Waals surface area (Å²) in [6, 6.07) is 12.6. The van der Waals surface area contributed by atoms with Crippen LogP contribution in [0.4, 0.5) is 0 Å². The molecule has 0 saturated heterocycles. The van der Waals surface area contributed by atoms with Gasteiger partial charge in [0.1, 0.15) is 0 Å². The molecule has 2 atom stereocenters. The number of allylic oxidation sites excluding steroid dienone is 3. The zero-order valence-corrected chi connectivity index (χ0v) is 21.8. The second-order valence-electron chi connectivity index (χ2n) is 9.72. The number of hydrogen-bond donors (Lipinski definition) is 2. The molecule has 1 heterocycles. The number of dihydropyridines is 1. The van der Waals surface area contributed by atoms with Gasteiger partial charge in [0.25, 0.3) is 0 Å². The standard InChI is InChI=1S/C29H32ClNO5/c1-5-35-25-14-19(8-11-23(25)32)27-26(29(34)36-15-16(2)3)17(4)31-22-12-20(13-24(33)28(22)27)18-6-9-21(30)10-7-18/h6-11,14,16,20,27,31-32H,5,12-13,15H2,1-4H3. The number of hydrogen-bond acceptors (Lipinski definition) is 6. The van der Waals surface area contributed by atoms with Crippen molar-refractivity contribution in [2.24, 2.45) is 5.92 Å². The van der Waals surface area contributed by atoms with Crippen molar-refractivity contribution in [2.45, 2.75) is 52.4 Å². The molecule has 0 bridgehead atoms. The van der Waals surface area contributed by atoms with E-state index in [1.54, 1.807) is 18.2 Å². The molecule has 1 aliphatic heterocycles. The highest BCUT2D eigenvalue weighted by atomic mass is 35.5. The molecule has 0 radical (unpaired) electrons. The first kappa shape index (κ1) is 25.8. The van der Waals surface area contributed by atoms with Crippen molar-refractivity contribution in [3.05, 3.63) is 81.2 Å². The summed E-state index contributed by atoms with van der Waals surface area (Å²) in [5.74, 6) is -0.613. The largest absolute Gasteiger partial charge is 0.504 e. The second kappa shape index (κ2) is 10.8. The Bertz CT molecular complexity index is 1230. The molecule has 6 nitrogen and oxygen atoms in total. The lowest BCUT2D eigenvalue weighted by atomic mass is 9.71. The van der Waals surface area contributed by atoms with Crippen LogP contribution in [0.2, 0.25) is 5.02 Å². The number of ketones is 1. The van der Waals surface area contributed by atoms with Gasteiger partial charge >= 0.3 is 5.97 Å². The van der Waals surface area contributed by atoms with Crippen LogP contribution in [0.1, 0.15) is 63.5 Å². The summed E-state index contributed by atoms with van der Waals surface area (Å²) in [5.41, 5.74) is 4.17. The number of aromatic hydroxyl groups is 1. The van der Waals surface area contributed by atoms with Crippen molar-refractivity contribution in [1.29, 1.82) is 0 Å². The number of benzene rings is 2. The molecule has 2 aromatic rings. The number of Topliss-reactive ketones (excluding diaryl/α,β-unsaturated/α-hetero) is 1. The molecule has 36 heavy (non-hydrogen) atoms. The molecule has 0 aromatic heterocycles. The fourth-order valence-corrected chi connectivity index (χ4v) is 5.04. The van der Waals surface area contributed by atoms with Gasteiger partial charge in [0.15, 0.2) is 17.3 Å². The normalized spacial score (nSPS) is 19.8. The van der Waals surface area contributed by atoms with Crippen LogP contribution >= 0.6 is 11.6 Å². The first-order valence-corrected chi connectivity index (χ1v) is 12.7. The van der Waals surface area contributed by atoms with E-state index in [1.807, 2.05) is 52.0 Å². The average molecular weight is 510 g/mol. The van der Waals surface area contributed by atoms with Crippen LogP contribution in [0.5, 0.6) is 11.5 Å². The van der Waals surface area contributed by atoms with E-state index >= 15 is 0 Å². The van der Waals surface area contributed by atoms with E-state index < -0.39 is 11.9 Å². The zero-order chi connectivity index (χ0) is 26.0. The number of rotatable bonds is 7. The SMILES string of the molecule is CCOc1cc(C2C(C(=O)OCC(C)C)=C(C)NC3=C2C(=O)CC(c2ccc(Cl)cc2)C3)ccc1O. The van der Waals surface area contributed by atoms with Crippen molar-refractivity contribution >= 4 is 23.4 Å². The van der Waals surface area contributed by atoms with E-state index in [1.165, 1.54) is 0 Å². The lowest BCUT2D eigenvalue weighted by Gasteiger charge is -2.37. The number of carbonyl (C=O) groups excluding carboxylic acids is 2. The van der Waals surface area contributed by atoms with Crippen LogP contribution in [-0.4, -0.2) is 30.1 Å². The quantitative estimate of drug-likeness (QED) is 0.445. The fraction of sp³-hybridized carbons (Fsp3) is 0.379. The second-order valence-corrected chi connectivity index (χ2v) is 10.2. The van der Waals surface area contributed by atoms with Crippen molar-refractivity contribution < 1.29 is 24.2 Å². The number of nitrogens with one attached hydrogen (secondary N) is 1. The first-order valence-electron chi connectivity index (χ1n) is 12.3. The Morgan fingerprint density at radius 2 is 1.83 bits per heavy atom. The van der Waals surface area contributed by atoms with Crippen molar-refractivity contribution in [3.63, 3.8) is 0 Å². The molecule has 0 amide bonds. The van der Waals surface area contributed by atoms with Crippen molar-refractivity contribution in [2.75, 3.05) is 13.2 Å². The Hall–Kier alpha value is -3.25. The summed E-state index contributed by atoms with van der Waals surface area (Å²) < 4.78 is 11.2. The molecule has 1 aliphatic carbocycles. The number of carbonyl (C=O) groups is 2. The maximum atomic E-state index is 13.7. The Kier molecular flexibility index (Phi) is 7.74. The first-order chi connectivity index (χ1) is 17.2. The minimum atomic E-state index is -0.626. The van der Waals surface area contributed by atoms with Gasteiger partial charge in [0.05, 0.1) is 18.8 Å². The number of phenols is 1. The van der Waals surface area contributed by atoms with Gasteiger partial charge in [-0.1, -0.05) is 43.6 Å². The van der Waals surface area contributed by atoms with E-state index in [0.717, 1.165) is 11.3 Å². The average Bonchev–Trinajstić information content (AvgIpc) is 2.83. The number of phenolic OH excluding ortho intramolecular Hbond substituents is 1. The van der Waals surface area contributed by atoms with Gasteiger partial charge in [-0.15, -0.1) is 0 Å². The Balaban J connectivity index is 1.79. The fourth-order valence-electron chi connectivity index (χ4n) is 4.92. The molecule has 2 unspecified atom stereocenters. The third-order valence-corrected chi connectivity index (χ3v) is 6.81. The van der Waals surface area contributed by atoms with E-state index in [2.05, 4.69) is 5.32 Å². The topological polar surface area (TPSA) is 84.9 Å². The van der Waals surface area contributed by atoms with Crippen LogP contribution in [0, 0.1) is 5.92 Å². The van der Waals surface area contributed by atoms with Crippen LogP contribution in [0.3, 0.4) is 0 Å². The number of ether oxygens (including phenoxy) is 2. The number of esters is 1. The van der Waals surface area contributed by atoms with Gasteiger partial charge in [-0.05, 0) is 67.5 Å². The maximum Gasteiger partial charge on any atom is 0.336 e. The van der Waals surface area contributed by atoms with Gasteiger partial charge in [0.2, 0.25) is 0 Å². The van der Waals surface area contributed by atoms with Gasteiger partial charge < -0.3 is 19.9 Å². The highest BCUT2D eigenvalue weighted by molar-refractivity contribution is 6.30. The van der Waals surface area contributed by atoms with E-state index in [0.29, 0.717) is 52.6 Å². The summed E-state index contributed by atoms with van der Waals surface area (Å²) >= 11 is 6.07. The summed E-state index contributed by atoms with van der Waals surface area (Å²) in [6.07, 6.45) is 0.948. The smallest absolute Gasteiger partial charge is 0.336 e. The molecule has 0 fully saturated rings. The molecule has 4 rings (SSSR count). The van der Waals surface area contributed by atoms with Crippen molar-refractivity contribution in [1.82, 2.24) is 5.32 Å². The van der Waals surface area contributed by atoms with Crippen LogP contribution in [-0.2, 0) is 14.3 Å². The monoisotopic (exact) mass is 509 g/mol. The highest BCUT2D eigenvalue weighted by Crippen LogP contribution is 2.47. The summed E-state index contributed by atoms with van der Waals surface area (Å²) in [5, 5.41) is 14.3. The van der Waals surface area contributed by atoms with Crippen LogP contribution in [0.25, 0.3) is 0 Å². The molecule has 190 valence electrons. The van der Waals surface area contributed by atoms with Crippen molar-refractivity contribution in [3.8, 4) is 11.5 Å². The number of halogens is 1. The van der Waals surface area contributed by atoms with Gasteiger partial charge in [-0.2, -0.15) is 0 Å². The van der Waals surface area contributed by atoms with Gasteiger partial charge in [-0.25, -0.2) is 4.79 Å². The molecular formula is C29H32ClNO5. The third-order valence-electron chi connectivity index (χ3n) is 6.55. The predicted octanol–water partition coefficient (Wildman–Crippen LogP) is 6.01. The summed E-state index contributed by atoms with van der Waals surface area (Å²) in [6.45, 7) is 8.27. The maximum absolute atomic E-state index is 13.7. The molecule has 0 spiro atoms. The van der Waals surface area contributed by atoms with Crippen LogP contribution in [0.15, 0.2) is 65.0 Å². The minimum Gasteiger partial charge on any atom is -0.504 e.